The first-order chi connectivity index (χ1) is 10.4. The fraction of sp³-hybridized carbons (Fsp3) is 0.500. The van der Waals surface area contributed by atoms with Crippen LogP contribution in [0.15, 0.2) is 30.9 Å². The van der Waals surface area contributed by atoms with Crippen molar-refractivity contribution < 1.29 is 17.2 Å². The normalized spacial score (nSPS) is 20.0. The van der Waals surface area contributed by atoms with Crippen LogP contribution < -0.4 is 0 Å². The van der Waals surface area contributed by atoms with Gasteiger partial charge in [-0.3, -0.25) is 0 Å². The molecule has 1 aliphatic rings. The molecule has 0 bridgehead atoms. The zero-order chi connectivity index (χ0) is 16.2. The molecule has 22 heavy (non-hydrogen) atoms. The molecule has 1 aromatic carbocycles. The van der Waals surface area contributed by atoms with Crippen molar-refractivity contribution in [2.75, 3.05) is 18.8 Å². The van der Waals surface area contributed by atoms with Crippen LogP contribution in [-0.4, -0.2) is 31.6 Å². The number of halogens is 2. The molecule has 1 aliphatic heterocycles. The van der Waals surface area contributed by atoms with Gasteiger partial charge in [0.05, 0.1) is 5.75 Å². The molecule has 1 atom stereocenters. The second-order valence-corrected chi connectivity index (χ2v) is 7.69. The Balaban J connectivity index is 1.98. The van der Waals surface area contributed by atoms with Gasteiger partial charge in [0.15, 0.2) is 0 Å². The molecule has 3 nitrogen and oxygen atoms in total. The molecule has 0 N–H and O–H groups in total. The molecule has 1 saturated heterocycles. The first kappa shape index (κ1) is 17.1. The maximum absolute atomic E-state index is 13.6. The molecule has 1 heterocycles. The minimum Gasteiger partial charge on any atom is -0.212 e. The van der Waals surface area contributed by atoms with Gasteiger partial charge in [-0.05, 0) is 43.7 Å². The zero-order valence-corrected chi connectivity index (χ0v) is 13.3. The summed E-state index contributed by atoms with van der Waals surface area (Å²) in [4.78, 5) is 0. The molecular formula is C16H21F2NO2S. The highest BCUT2D eigenvalue weighted by Gasteiger charge is 2.28. The van der Waals surface area contributed by atoms with Gasteiger partial charge in [-0.15, -0.1) is 6.58 Å². The first-order valence-corrected chi connectivity index (χ1v) is 9.06. The lowest BCUT2D eigenvalue weighted by atomic mass is 9.92. The Morgan fingerprint density at radius 1 is 1.32 bits per heavy atom. The van der Waals surface area contributed by atoms with Crippen molar-refractivity contribution in [1.82, 2.24) is 4.31 Å². The summed E-state index contributed by atoms with van der Waals surface area (Å²) >= 11 is 0. The van der Waals surface area contributed by atoms with Crippen LogP contribution in [0.25, 0.3) is 0 Å². The molecule has 1 unspecified atom stereocenters. The van der Waals surface area contributed by atoms with Gasteiger partial charge in [-0.1, -0.05) is 12.1 Å². The fourth-order valence-electron chi connectivity index (χ4n) is 2.89. The minimum absolute atomic E-state index is 0.0678. The summed E-state index contributed by atoms with van der Waals surface area (Å²) in [6.07, 6.45) is 3.92. The van der Waals surface area contributed by atoms with Crippen LogP contribution in [0.2, 0.25) is 0 Å². The third-order valence-electron chi connectivity index (χ3n) is 4.07. The number of hydrogen-bond acceptors (Lipinski definition) is 2. The Hall–Kier alpha value is -1.27. The molecule has 1 fully saturated rings. The molecule has 6 heteroatoms. The van der Waals surface area contributed by atoms with Crippen LogP contribution in [0.5, 0.6) is 0 Å². The van der Waals surface area contributed by atoms with Crippen molar-refractivity contribution in [3.8, 4) is 0 Å². The third-order valence-corrected chi connectivity index (χ3v) is 5.84. The number of nitrogens with zero attached hydrogens (tertiary/aromatic N) is 1. The molecule has 1 aromatic rings. The average molecular weight is 329 g/mol. The van der Waals surface area contributed by atoms with Gasteiger partial charge in [0.1, 0.15) is 11.6 Å². The van der Waals surface area contributed by atoms with Gasteiger partial charge in [0.25, 0.3) is 0 Å². The van der Waals surface area contributed by atoms with Crippen molar-refractivity contribution in [3.05, 3.63) is 48.1 Å². The first-order valence-electron chi connectivity index (χ1n) is 7.45. The number of piperidine rings is 1. The minimum atomic E-state index is -3.30. The van der Waals surface area contributed by atoms with E-state index in [1.54, 1.807) is 0 Å². The van der Waals surface area contributed by atoms with E-state index in [-0.39, 0.29) is 17.2 Å². The van der Waals surface area contributed by atoms with Crippen molar-refractivity contribution in [2.45, 2.75) is 25.7 Å². The van der Waals surface area contributed by atoms with Crippen LogP contribution in [0.4, 0.5) is 8.78 Å². The lowest BCUT2D eigenvalue weighted by Gasteiger charge is -2.31. The topological polar surface area (TPSA) is 37.4 Å². The highest BCUT2D eigenvalue weighted by molar-refractivity contribution is 7.89. The quantitative estimate of drug-likeness (QED) is 0.752. The average Bonchev–Trinajstić information content (AvgIpc) is 2.47. The predicted octanol–water partition coefficient (Wildman–Crippen LogP) is 3.13. The highest BCUT2D eigenvalue weighted by Crippen LogP contribution is 2.25. The summed E-state index contributed by atoms with van der Waals surface area (Å²) in [7, 11) is -3.30. The van der Waals surface area contributed by atoms with Crippen molar-refractivity contribution >= 4 is 10.0 Å². The van der Waals surface area contributed by atoms with Gasteiger partial charge < -0.3 is 0 Å². The van der Waals surface area contributed by atoms with E-state index in [4.69, 9.17) is 0 Å². The van der Waals surface area contributed by atoms with E-state index in [1.165, 1.54) is 28.6 Å². The van der Waals surface area contributed by atoms with E-state index in [2.05, 4.69) is 6.58 Å². The van der Waals surface area contributed by atoms with E-state index < -0.39 is 21.7 Å². The molecule has 0 amide bonds. The summed E-state index contributed by atoms with van der Waals surface area (Å²) in [5, 5.41) is 0. The standard InChI is InChI=1S/C16H21F2NO2S/c1-2-11-22(20,21)19-10-4-5-13(12-19)8-9-14-15(17)6-3-7-16(14)18/h2-3,6-7,13H,1,4-5,8-12H2. The van der Waals surface area contributed by atoms with Crippen LogP contribution >= 0.6 is 0 Å². The summed E-state index contributed by atoms with van der Waals surface area (Å²) in [6, 6.07) is 3.85. The second kappa shape index (κ2) is 7.33. The predicted molar refractivity (Wildman–Crippen MR) is 83.0 cm³/mol. The molecule has 0 radical (unpaired) electrons. The van der Waals surface area contributed by atoms with Crippen LogP contribution in [0, 0.1) is 17.6 Å². The zero-order valence-electron chi connectivity index (χ0n) is 12.5. The smallest absolute Gasteiger partial charge is 0.212 e. The molecule has 0 spiro atoms. The lowest BCUT2D eigenvalue weighted by molar-refractivity contribution is 0.255. The lowest BCUT2D eigenvalue weighted by Crippen LogP contribution is -2.40. The molecule has 0 saturated carbocycles. The molecular weight excluding hydrogens is 308 g/mol. The maximum Gasteiger partial charge on any atom is 0.217 e. The number of sulfonamides is 1. The van der Waals surface area contributed by atoms with Crippen molar-refractivity contribution in [1.29, 1.82) is 0 Å². The van der Waals surface area contributed by atoms with Gasteiger partial charge >= 0.3 is 0 Å². The highest BCUT2D eigenvalue weighted by atomic mass is 32.2. The van der Waals surface area contributed by atoms with Crippen LogP contribution in [-0.2, 0) is 16.4 Å². The summed E-state index contributed by atoms with van der Waals surface area (Å²) in [5.41, 5.74) is 0.0913. The van der Waals surface area contributed by atoms with Crippen LogP contribution in [0.3, 0.4) is 0 Å². The van der Waals surface area contributed by atoms with Gasteiger partial charge in [-0.25, -0.2) is 21.5 Å². The summed E-state index contributed by atoms with van der Waals surface area (Å²) in [5.74, 6) is -1.01. The molecule has 0 aromatic heterocycles. The largest absolute Gasteiger partial charge is 0.217 e. The van der Waals surface area contributed by atoms with Gasteiger partial charge in [0.2, 0.25) is 10.0 Å². The van der Waals surface area contributed by atoms with E-state index in [1.807, 2.05) is 0 Å². The third kappa shape index (κ3) is 4.14. The maximum atomic E-state index is 13.6. The Labute approximate surface area is 130 Å². The summed E-state index contributed by atoms with van der Waals surface area (Å²) in [6.45, 7) is 4.40. The van der Waals surface area contributed by atoms with E-state index in [0.29, 0.717) is 25.9 Å². The monoisotopic (exact) mass is 329 g/mol. The Kier molecular flexibility index (Phi) is 5.69. The Morgan fingerprint density at radius 2 is 2.00 bits per heavy atom. The fourth-order valence-corrected chi connectivity index (χ4v) is 4.24. The number of rotatable bonds is 6. The van der Waals surface area contributed by atoms with E-state index in [9.17, 15) is 17.2 Å². The van der Waals surface area contributed by atoms with Crippen molar-refractivity contribution in [3.63, 3.8) is 0 Å². The number of hydrogen-bond donors (Lipinski definition) is 0. The Bertz CT molecular complexity index is 611. The van der Waals surface area contributed by atoms with Crippen molar-refractivity contribution in [2.24, 2.45) is 5.92 Å². The van der Waals surface area contributed by atoms with Gasteiger partial charge in [-0.2, -0.15) is 0 Å². The molecule has 122 valence electrons. The Morgan fingerprint density at radius 3 is 2.64 bits per heavy atom. The molecule has 0 aliphatic carbocycles. The van der Waals surface area contributed by atoms with E-state index in [0.717, 1.165) is 12.8 Å². The summed E-state index contributed by atoms with van der Waals surface area (Å²) < 4.78 is 52.8. The van der Waals surface area contributed by atoms with Gasteiger partial charge in [0, 0.05) is 18.7 Å². The second-order valence-electron chi connectivity index (χ2n) is 5.67. The van der Waals surface area contributed by atoms with Crippen LogP contribution in [0.1, 0.15) is 24.8 Å². The molecule has 2 rings (SSSR count). The van der Waals surface area contributed by atoms with E-state index >= 15 is 0 Å². The SMILES string of the molecule is C=CCS(=O)(=O)N1CCCC(CCc2c(F)cccc2F)C1. The number of benzene rings is 1.